The minimum atomic E-state index is 0.326. The number of morpholine rings is 1. The van der Waals surface area contributed by atoms with Crippen molar-refractivity contribution in [3.63, 3.8) is 0 Å². The summed E-state index contributed by atoms with van der Waals surface area (Å²) in [4.78, 5) is 6.36. The average molecular weight is 198 g/mol. The lowest BCUT2D eigenvalue weighted by Crippen LogP contribution is -2.35. The van der Waals surface area contributed by atoms with Gasteiger partial charge in [-0.25, -0.2) is 0 Å². The molecule has 0 bridgehead atoms. The van der Waals surface area contributed by atoms with Crippen LogP contribution in [0.15, 0.2) is 4.52 Å². The van der Waals surface area contributed by atoms with E-state index in [2.05, 4.69) is 15.0 Å². The number of rotatable bonds is 3. The second kappa shape index (κ2) is 4.50. The van der Waals surface area contributed by atoms with Gasteiger partial charge in [0.15, 0.2) is 5.82 Å². The minimum Gasteiger partial charge on any atom is -0.379 e. The van der Waals surface area contributed by atoms with E-state index >= 15 is 0 Å². The van der Waals surface area contributed by atoms with Gasteiger partial charge in [-0.3, -0.25) is 4.90 Å². The van der Waals surface area contributed by atoms with E-state index in [4.69, 9.17) is 15.0 Å². The highest BCUT2D eigenvalue weighted by Gasteiger charge is 2.14. The van der Waals surface area contributed by atoms with Crippen LogP contribution in [0.25, 0.3) is 0 Å². The summed E-state index contributed by atoms with van der Waals surface area (Å²) in [6.07, 6.45) is 0. The largest absolute Gasteiger partial charge is 0.379 e. The van der Waals surface area contributed by atoms with Gasteiger partial charge < -0.3 is 15.0 Å². The molecule has 1 saturated heterocycles. The van der Waals surface area contributed by atoms with Crippen LogP contribution in [0.1, 0.15) is 11.7 Å². The molecule has 1 aliphatic heterocycles. The summed E-state index contributed by atoms with van der Waals surface area (Å²) in [7, 11) is 0. The Balaban J connectivity index is 1.89. The van der Waals surface area contributed by atoms with Crippen LogP contribution in [0, 0.1) is 0 Å². The van der Waals surface area contributed by atoms with Gasteiger partial charge in [0.05, 0.1) is 26.3 Å². The molecule has 0 atom stereocenters. The van der Waals surface area contributed by atoms with Crippen LogP contribution in [0.4, 0.5) is 0 Å². The van der Waals surface area contributed by atoms with Gasteiger partial charge in [-0.2, -0.15) is 4.98 Å². The molecule has 2 rings (SSSR count). The van der Waals surface area contributed by atoms with Crippen LogP contribution in [0.2, 0.25) is 0 Å². The molecule has 1 aromatic rings. The second-order valence-electron chi connectivity index (χ2n) is 3.20. The summed E-state index contributed by atoms with van der Waals surface area (Å²) < 4.78 is 10.3. The minimum absolute atomic E-state index is 0.326. The van der Waals surface area contributed by atoms with Crippen molar-refractivity contribution in [3.8, 4) is 0 Å². The quantitative estimate of drug-likeness (QED) is 0.696. The highest BCUT2D eigenvalue weighted by molar-refractivity contribution is 4.85. The van der Waals surface area contributed by atoms with Crippen molar-refractivity contribution in [2.24, 2.45) is 5.73 Å². The molecule has 1 fully saturated rings. The van der Waals surface area contributed by atoms with Crippen LogP contribution >= 0.6 is 0 Å². The molecular weight excluding hydrogens is 184 g/mol. The van der Waals surface area contributed by atoms with E-state index in [1.54, 1.807) is 0 Å². The number of hydrogen-bond donors (Lipinski definition) is 1. The molecule has 2 heterocycles. The lowest BCUT2D eigenvalue weighted by Gasteiger charge is -2.24. The molecule has 0 amide bonds. The van der Waals surface area contributed by atoms with Crippen molar-refractivity contribution < 1.29 is 9.26 Å². The van der Waals surface area contributed by atoms with Crippen molar-refractivity contribution in [1.29, 1.82) is 0 Å². The molecule has 0 unspecified atom stereocenters. The Labute approximate surface area is 82.0 Å². The Bertz CT molecular complexity index is 283. The van der Waals surface area contributed by atoms with Crippen LogP contribution in [-0.4, -0.2) is 41.3 Å². The van der Waals surface area contributed by atoms with Gasteiger partial charge in [0.1, 0.15) is 0 Å². The van der Waals surface area contributed by atoms with Crippen molar-refractivity contribution in [2.45, 2.75) is 13.1 Å². The highest BCUT2D eigenvalue weighted by Crippen LogP contribution is 2.04. The molecule has 0 aromatic carbocycles. The van der Waals surface area contributed by atoms with Gasteiger partial charge in [0.25, 0.3) is 0 Å². The van der Waals surface area contributed by atoms with E-state index in [1.165, 1.54) is 0 Å². The Morgan fingerprint density at radius 1 is 1.36 bits per heavy atom. The summed E-state index contributed by atoms with van der Waals surface area (Å²) in [5.74, 6) is 1.20. The number of hydrogen-bond acceptors (Lipinski definition) is 6. The van der Waals surface area contributed by atoms with E-state index in [9.17, 15) is 0 Å². The SMILES string of the molecule is NCc1noc(CN2CCOCC2)n1. The second-order valence-corrected chi connectivity index (χ2v) is 3.20. The fraction of sp³-hybridized carbons (Fsp3) is 0.750. The molecule has 6 heteroatoms. The van der Waals surface area contributed by atoms with E-state index in [-0.39, 0.29) is 0 Å². The summed E-state index contributed by atoms with van der Waals surface area (Å²) in [5, 5.41) is 3.73. The Morgan fingerprint density at radius 3 is 2.79 bits per heavy atom. The van der Waals surface area contributed by atoms with Crippen LogP contribution in [0.5, 0.6) is 0 Å². The summed E-state index contributed by atoms with van der Waals surface area (Å²) >= 11 is 0. The number of aromatic nitrogens is 2. The lowest BCUT2D eigenvalue weighted by atomic mass is 10.4. The predicted molar refractivity (Wildman–Crippen MR) is 48.3 cm³/mol. The standard InChI is InChI=1S/C8H14N4O2/c9-5-7-10-8(14-11-7)6-12-1-3-13-4-2-12/h1-6,9H2. The topological polar surface area (TPSA) is 77.4 Å². The zero-order chi connectivity index (χ0) is 9.80. The molecular formula is C8H14N4O2. The molecule has 1 aromatic heterocycles. The molecule has 0 saturated carbocycles. The molecule has 6 nitrogen and oxygen atoms in total. The number of nitrogens with two attached hydrogens (primary N) is 1. The molecule has 14 heavy (non-hydrogen) atoms. The fourth-order valence-corrected chi connectivity index (χ4v) is 1.39. The van der Waals surface area contributed by atoms with Gasteiger partial charge >= 0.3 is 0 Å². The van der Waals surface area contributed by atoms with Gasteiger partial charge in [-0.15, -0.1) is 0 Å². The predicted octanol–water partition coefficient (Wildman–Crippen LogP) is -0.639. The van der Waals surface area contributed by atoms with Gasteiger partial charge in [0, 0.05) is 13.1 Å². The number of nitrogens with zero attached hydrogens (tertiary/aromatic N) is 3. The van der Waals surface area contributed by atoms with E-state index in [0.717, 1.165) is 26.3 Å². The Morgan fingerprint density at radius 2 is 2.14 bits per heavy atom. The zero-order valence-corrected chi connectivity index (χ0v) is 7.98. The van der Waals surface area contributed by atoms with Crippen molar-refractivity contribution in [3.05, 3.63) is 11.7 Å². The number of ether oxygens (including phenoxy) is 1. The van der Waals surface area contributed by atoms with Crippen molar-refractivity contribution >= 4 is 0 Å². The summed E-state index contributed by atoms with van der Waals surface area (Å²) in [6, 6.07) is 0. The third kappa shape index (κ3) is 2.28. The average Bonchev–Trinajstić information content (AvgIpc) is 2.67. The first-order valence-electron chi connectivity index (χ1n) is 4.70. The van der Waals surface area contributed by atoms with E-state index in [1.807, 2.05) is 0 Å². The molecule has 78 valence electrons. The maximum absolute atomic E-state index is 5.38. The molecule has 0 spiro atoms. The monoisotopic (exact) mass is 198 g/mol. The van der Waals surface area contributed by atoms with Crippen LogP contribution in [0.3, 0.4) is 0 Å². The van der Waals surface area contributed by atoms with Gasteiger partial charge in [0.2, 0.25) is 5.89 Å². The first kappa shape index (κ1) is 9.57. The normalized spacial score (nSPS) is 18.6. The molecule has 0 aliphatic carbocycles. The maximum atomic E-state index is 5.38. The Kier molecular flexibility index (Phi) is 3.07. The van der Waals surface area contributed by atoms with E-state index < -0.39 is 0 Å². The first-order valence-corrected chi connectivity index (χ1v) is 4.70. The summed E-state index contributed by atoms with van der Waals surface area (Å²) in [5.41, 5.74) is 5.38. The maximum Gasteiger partial charge on any atom is 0.240 e. The molecule has 0 radical (unpaired) electrons. The third-order valence-corrected chi connectivity index (χ3v) is 2.16. The van der Waals surface area contributed by atoms with Crippen LogP contribution in [-0.2, 0) is 17.8 Å². The zero-order valence-electron chi connectivity index (χ0n) is 7.98. The molecule has 1 aliphatic rings. The third-order valence-electron chi connectivity index (χ3n) is 2.16. The highest BCUT2D eigenvalue weighted by atomic mass is 16.5. The van der Waals surface area contributed by atoms with Gasteiger partial charge in [-0.1, -0.05) is 5.16 Å². The van der Waals surface area contributed by atoms with Crippen LogP contribution < -0.4 is 5.73 Å². The van der Waals surface area contributed by atoms with E-state index in [0.29, 0.717) is 24.8 Å². The fourth-order valence-electron chi connectivity index (χ4n) is 1.39. The summed E-state index contributed by atoms with van der Waals surface area (Å²) in [6.45, 7) is 4.40. The smallest absolute Gasteiger partial charge is 0.240 e. The first-order chi connectivity index (χ1) is 6.88. The lowest BCUT2D eigenvalue weighted by molar-refractivity contribution is 0.0297. The Hall–Kier alpha value is -0.980. The molecule has 2 N–H and O–H groups in total. The van der Waals surface area contributed by atoms with Crippen molar-refractivity contribution in [1.82, 2.24) is 15.0 Å². The van der Waals surface area contributed by atoms with Gasteiger partial charge in [-0.05, 0) is 0 Å². The van der Waals surface area contributed by atoms with Crippen molar-refractivity contribution in [2.75, 3.05) is 26.3 Å².